The first-order valence-electron chi connectivity index (χ1n) is 4.47. The van der Waals surface area contributed by atoms with E-state index in [-0.39, 0.29) is 0 Å². The van der Waals surface area contributed by atoms with Crippen LogP contribution >= 0.6 is 11.8 Å². The highest BCUT2D eigenvalue weighted by molar-refractivity contribution is 7.99. The predicted molar refractivity (Wildman–Crippen MR) is 56.3 cm³/mol. The second-order valence-electron chi connectivity index (χ2n) is 3.12. The van der Waals surface area contributed by atoms with Gasteiger partial charge in [-0.25, -0.2) is 4.98 Å². The first kappa shape index (κ1) is 8.81. The summed E-state index contributed by atoms with van der Waals surface area (Å²) in [5.41, 5.74) is 0.982. The van der Waals surface area contributed by atoms with E-state index in [1.807, 2.05) is 31.1 Å². The van der Waals surface area contributed by atoms with Crippen molar-refractivity contribution in [3.8, 4) is 0 Å². The molecule has 70 valence electrons. The average molecular weight is 195 g/mol. The van der Waals surface area contributed by atoms with Gasteiger partial charge in [0.05, 0.1) is 18.1 Å². The normalized spacial score (nSPS) is 17.5. The molecule has 1 fully saturated rings. The van der Waals surface area contributed by atoms with E-state index in [0.717, 1.165) is 24.6 Å². The summed E-state index contributed by atoms with van der Waals surface area (Å²) >= 11 is 2.01. The Bertz CT molecular complexity index is 267. The van der Waals surface area contributed by atoms with Crippen molar-refractivity contribution in [2.45, 2.75) is 6.92 Å². The largest absolute Gasteiger partial charge is 0.354 e. The fraction of sp³-hybridized carbons (Fsp3) is 0.556. The van der Waals surface area contributed by atoms with E-state index < -0.39 is 0 Å². The number of rotatable bonds is 1. The summed E-state index contributed by atoms with van der Waals surface area (Å²) in [6, 6.07) is 0. The van der Waals surface area contributed by atoms with Crippen molar-refractivity contribution < 1.29 is 0 Å². The Morgan fingerprint density at radius 2 is 2.00 bits per heavy atom. The molecule has 2 rings (SSSR count). The summed E-state index contributed by atoms with van der Waals surface area (Å²) in [4.78, 5) is 10.9. The molecule has 3 nitrogen and oxygen atoms in total. The molecule has 1 aromatic heterocycles. The van der Waals surface area contributed by atoms with Gasteiger partial charge in [0.15, 0.2) is 0 Å². The van der Waals surface area contributed by atoms with Crippen molar-refractivity contribution in [3.63, 3.8) is 0 Å². The SMILES string of the molecule is Cc1cnc(N2CCSCC2)cn1. The molecule has 0 atom stereocenters. The molecule has 0 aromatic carbocycles. The van der Waals surface area contributed by atoms with Crippen LogP contribution in [-0.2, 0) is 0 Å². The maximum absolute atomic E-state index is 4.36. The van der Waals surface area contributed by atoms with E-state index in [2.05, 4.69) is 14.9 Å². The van der Waals surface area contributed by atoms with Crippen LogP contribution in [0.3, 0.4) is 0 Å². The Hall–Kier alpha value is -0.770. The van der Waals surface area contributed by atoms with E-state index >= 15 is 0 Å². The molecule has 13 heavy (non-hydrogen) atoms. The summed E-state index contributed by atoms with van der Waals surface area (Å²) < 4.78 is 0. The number of hydrogen-bond donors (Lipinski definition) is 0. The second kappa shape index (κ2) is 3.96. The topological polar surface area (TPSA) is 29.0 Å². The number of hydrogen-bond acceptors (Lipinski definition) is 4. The summed E-state index contributed by atoms with van der Waals surface area (Å²) in [5.74, 6) is 3.43. The second-order valence-corrected chi connectivity index (χ2v) is 4.34. The molecule has 1 aromatic rings. The lowest BCUT2D eigenvalue weighted by atomic mass is 10.4. The lowest BCUT2D eigenvalue weighted by Gasteiger charge is -2.26. The van der Waals surface area contributed by atoms with Crippen molar-refractivity contribution in [1.29, 1.82) is 0 Å². The van der Waals surface area contributed by atoms with Crippen LogP contribution in [0.4, 0.5) is 5.82 Å². The van der Waals surface area contributed by atoms with Gasteiger partial charge in [0.2, 0.25) is 0 Å². The summed E-state index contributed by atoms with van der Waals surface area (Å²) in [5, 5.41) is 0. The summed E-state index contributed by atoms with van der Waals surface area (Å²) in [6.07, 6.45) is 3.70. The zero-order chi connectivity index (χ0) is 9.10. The van der Waals surface area contributed by atoms with Crippen molar-refractivity contribution >= 4 is 17.6 Å². The Morgan fingerprint density at radius 3 is 2.62 bits per heavy atom. The maximum atomic E-state index is 4.36. The van der Waals surface area contributed by atoms with E-state index in [1.165, 1.54) is 11.5 Å². The van der Waals surface area contributed by atoms with Crippen LogP contribution in [0.2, 0.25) is 0 Å². The first-order valence-corrected chi connectivity index (χ1v) is 5.63. The molecule has 1 saturated heterocycles. The van der Waals surface area contributed by atoms with Crippen LogP contribution in [0.25, 0.3) is 0 Å². The lowest BCUT2D eigenvalue weighted by Crippen LogP contribution is -2.33. The van der Waals surface area contributed by atoms with Gasteiger partial charge in [-0.2, -0.15) is 11.8 Å². The fourth-order valence-electron chi connectivity index (χ4n) is 1.34. The minimum Gasteiger partial charge on any atom is -0.354 e. The quantitative estimate of drug-likeness (QED) is 0.676. The molecule has 0 amide bonds. The molecular weight excluding hydrogens is 182 g/mol. The van der Waals surface area contributed by atoms with Crippen LogP contribution < -0.4 is 4.90 Å². The third-order valence-corrected chi connectivity index (χ3v) is 3.04. The van der Waals surface area contributed by atoms with Crippen LogP contribution in [-0.4, -0.2) is 34.6 Å². The first-order chi connectivity index (χ1) is 6.36. The van der Waals surface area contributed by atoms with Crippen LogP contribution in [0.1, 0.15) is 5.69 Å². The third-order valence-electron chi connectivity index (χ3n) is 2.10. The van der Waals surface area contributed by atoms with Gasteiger partial charge in [-0.05, 0) is 6.92 Å². The molecule has 0 radical (unpaired) electrons. The minimum absolute atomic E-state index is 0.982. The Labute approximate surface area is 82.6 Å². The highest BCUT2D eigenvalue weighted by Gasteiger charge is 2.11. The van der Waals surface area contributed by atoms with Gasteiger partial charge in [0, 0.05) is 24.6 Å². The van der Waals surface area contributed by atoms with E-state index in [9.17, 15) is 0 Å². The van der Waals surface area contributed by atoms with Crippen LogP contribution in [0.5, 0.6) is 0 Å². The molecule has 0 N–H and O–H groups in total. The van der Waals surface area contributed by atoms with E-state index in [1.54, 1.807) is 0 Å². The molecular formula is C9H13N3S. The van der Waals surface area contributed by atoms with Gasteiger partial charge in [0.25, 0.3) is 0 Å². The molecule has 0 spiro atoms. The predicted octanol–water partition coefficient (Wildman–Crippen LogP) is 1.34. The van der Waals surface area contributed by atoms with Gasteiger partial charge >= 0.3 is 0 Å². The third kappa shape index (κ3) is 2.12. The van der Waals surface area contributed by atoms with Gasteiger partial charge in [-0.15, -0.1) is 0 Å². The van der Waals surface area contributed by atoms with Gasteiger partial charge in [-0.3, -0.25) is 4.98 Å². The fourth-order valence-corrected chi connectivity index (χ4v) is 2.24. The zero-order valence-corrected chi connectivity index (χ0v) is 8.55. The number of anilines is 1. The molecule has 4 heteroatoms. The van der Waals surface area contributed by atoms with Gasteiger partial charge in [0.1, 0.15) is 5.82 Å². The highest BCUT2D eigenvalue weighted by Crippen LogP contribution is 2.15. The van der Waals surface area contributed by atoms with Gasteiger partial charge < -0.3 is 4.90 Å². The molecule has 0 bridgehead atoms. The maximum Gasteiger partial charge on any atom is 0.147 e. The Morgan fingerprint density at radius 1 is 1.23 bits per heavy atom. The van der Waals surface area contributed by atoms with Crippen molar-refractivity contribution in [2.24, 2.45) is 0 Å². The Kier molecular flexibility index (Phi) is 2.68. The van der Waals surface area contributed by atoms with Crippen LogP contribution in [0, 0.1) is 6.92 Å². The smallest absolute Gasteiger partial charge is 0.147 e. The monoisotopic (exact) mass is 195 g/mol. The molecule has 1 aliphatic rings. The number of thioether (sulfide) groups is 1. The average Bonchev–Trinajstić information content (AvgIpc) is 2.20. The molecule has 0 unspecified atom stereocenters. The molecule has 0 aliphatic carbocycles. The number of nitrogens with zero attached hydrogens (tertiary/aromatic N) is 3. The zero-order valence-electron chi connectivity index (χ0n) is 7.73. The number of aromatic nitrogens is 2. The summed E-state index contributed by atoms with van der Waals surface area (Å²) in [7, 11) is 0. The Balaban J connectivity index is 2.10. The highest BCUT2D eigenvalue weighted by atomic mass is 32.2. The minimum atomic E-state index is 0.982. The van der Waals surface area contributed by atoms with Crippen molar-refractivity contribution in [1.82, 2.24) is 9.97 Å². The van der Waals surface area contributed by atoms with Gasteiger partial charge in [-0.1, -0.05) is 0 Å². The lowest BCUT2D eigenvalue weighted by molar-refractivity contribution is 0.831. The standard InChI is InChI=1S/C9H13N3S/c1-8-6-11-9(7-10-8)12-2-4-13-5-3-12/h6-7H,2-5H2,1H3. The molecule has 2 heterocycles. The van der Waals surface area contributed by atoms with Crippen LogP contribution in [0.15, 0.2) is 12.4 Å². The molecule has 1 aliphatic heterocycles. The van der Waals surface area contributed by atoms with E-state index in [4.69, 9.17) is 0 Å². The van der Waals surface area contributed by atoms with Crippen molar-refractivity contribution in [2.75, 3.05) is 29.5 Å². The summed E-state index contributed by atoms with van der Waals surface area (Å²) in [6.45, 7) is 4.16. The van der Waals surface area contributed by atoms with Crippen molar-refractivity contribution in [3.05, 3.63) is 18.1 Å². The van der Waals surface area contributed by atoms with E-state index in [0.29, 0.717) is 0 Å². The molecule has 0 saturated carbocycles. The number of aryl methyl sites for hydroxylation is 1.